The molecule has 1 aromatic heterocycles. The molecule has 0 radical (unpaired) electrons. The second kappa shape index (κ2) is 14.1. The second-order valence-corrected chi connectivity index (χ2v) is 12.9. The molecule has 3 unspecified atom stereocenters. The van der Waals surface area contributed by atoms with Crippen LogP contribution in [0.2, 0.25) is 0 Å². The van der Waals surface area contributed by atoms with Crippen LogP contribution in [0.1, 0.15) is 75.9 Å². The van der Waals surface area contributed by atoms with Crippen molar-refractivity contribution in [3.63, 3.8) is 0 Å². The molecule has 11 nitrogen and oxygen atoms in total. The molecule has 5 rings (SSSR count). The van der Waals surface area contributed by atoms with Gasteiger partial charge in [0.2, 0.25) is 17.7 Å². The average Bonchev–Trinajstić information content (AvgIpc) is 3.55. The maximum absolute atomic E-state index is 13.4. The van der Waals surface area contributed by atoms with Gasteiger partial charge in [-0.05, 0) is 57.4 Å². The van der Waals surface area contributed by atoms with Crippen molar-refractivity contribution >= 4 is 34.6 Å². The van der Waals surface area contributed by atoms with E-state index in [1.807, 2.05) is 41.3 Å². The molecule has 3 heterocycles. The van der Waals surface area contributed by atoms with E-state index >= 15 is 0 Å². The van der Waals surface area contributed by atoms with Gasteiger partial charge >= 0.3 is 0 Å². The average molecular weight is 609 g/mol. The van der Waals surface area contributed by atoms with Gasteiger partial charge in [-0.25, -0.2) is 4.21 Å². The first-order chi connectivity index (χ1) is 20.9. The number of nitrogens with one attached hydrogen (secondary N) is 3. The van der Waals surface area contributed by atoms with E-state index in [0.29, 0.717) is 25.9 Å². The number of piperidine rings is 1. The van der Waals surface area contributed by atoms with Crippen LogP contribution < -0.4 is 10.0 Å². The molecule has 3 aliphatic rings. The van der Waals surface area contributed by atoms with Crippen LogP contribution in [0.4, 0.5) is 0 Å². The zero-order valence-electron chi connectivity index (χ0n) is 24.3. The highest BCUT2D eigenvalue weighted by Gasteiger charge is 2.37. The van der Waals surface area contributed by atoms with Gasteiger partial charge < -0.3 is 15.1 Å². The van der Waals surface area contributed by atoms with E-state index in [2.05, 4.69) is 26.8 Å². The van der Waals surface area contributed by atoms with Gasteiger partial charge in [-0.15, -0.1) is 6.58 Å². The summed E-state index contributed by atoms with van der Waals surface area (Å²) in [7, 11) is -1.47. The number of carbonyl (C=O) groups excluding carboxylic acids is 4. The fraction of sp³-hybridized carbons (Fsp3) is 0.516. The molecule has 1 aromatic carbocycles. The topological polar surface area (TPSA) is 145 Å². The molecule has 12 heteroatoms. The minimum Gasteiger partial charge on any atom is -0.342 e. The fourth-order valence-electron chi connectivity index (χ4n) is 5.86. The summed E-state index contributed by atoms with van der Waals surface area (Å²) >= 11 is 0. The molecule has 4 atom stereocenters. The Morgan fingerprint density at radius 3 is 2.44 bits per heavy atom. The SMILES string of the molecule is C=CCC(NC(=O)[C@@H]1CCCN1C(=O)CCC(=O)N1CCCCC1c1cc(-c2ccccc2)n[nH]1)C(=O)NS(=O)C1CC1. The Balaban J connectivity index is 1.16. The van der Waals surface area contributed by atoms with Crippen molar-refractivity contribution in [2.75, 3.05) is 13.1 Å². The summed E-state index contributed by atoms with van der Waals surface area (Å²) in [6, 6.07) is 10.1. The maximum Gasteiger partial charge on any atom is 0.254 e. The van der Waals surface area contributed by atoms with Gasteiger partial charge in [-0.3, -0.25) is 29.0 Å². The van der Waals surface area contributed by atoms with Crippen molar-refractivity contribution in [3.05, 3.63) is 54.7 Å². The van der Waals surface area contributed by atoms with Crippen molar-refractivity contribution < 1.29 is 23.4 Å². The molecular weight excluding hydrogens is 568 g/mol. The van der Waals surface area contributed by atoms with Gasteiger partial charge in [-0.1, -0.05) is 36.4 Å². The third-order valence-electron chi connectivity index (χ3n) is 8.34. The van der Waals surface area contributed by atoms with E-state index < -0.39 is 34.9 Å². The summed E-state index contributed by atoms with van der Waals surface area (Å²) in [5.74, 6) is -1.31. The van der Waals surface area contributed by atoms with Crippen LogP contribution in [0.15, 0.2) is 49.1 Å². The first-order valence-corrected chi connectivity index (χ1v) is 16.4. The number of aromatic nitrogens is 2. The minimum absolute atomic E-state index is 0.00101. The van der Waals surface area contributed by atoms with Gasteiger partial charge in [0.1, 0.15) is 23.1 Å². The van der Waals surface area contributed by atoms with Crippen LogP contribution >= 0.6 is 0 Å². The fourth-order valence-corrected chi connectivity index (χ4v) is 6.93. The number of likely N-dealkylation sites (tertiary alicyclic amines) is 2. The standard InChI is InChI=1S/C31H40N6O5S/c1-2-9-23(30(40)35-43(42)22-14-15-22)32-31(41)27-13-8-19-37(27)29(39)17-16-28(38)36-18-7-6-12-26(36)25-20-24(33-34-25)21-10-4-3-5-11-21/h2-5,10-11,20,22-23,26-27H,1,6-9,12-19H2,(H,32,41)(H,33,34)(H,35,40)/t23?,26?,27-,43?/m0/s1. The van der Waals surface area contributed by atoms with Crippen molar-refractivity contribution in [2.24, 2.45) is 0 Å². The molecule has 2 saturated heterocycles. The molecule has 2 aromatic rings. The molecule has 1 aliphatic carbocycles. The lowest BCUT2D eigenvalue weighted by Crippen LogP contribution is -2.53. The van der Waals surface area contributed by atoms with E-state index in [9.17, 15) is 23.4 Å². The Bertz CT molecular complexity index is 1360. The minimum atomic E-state index is -1.47. The van der Waals surface area contributed by atoms with Gasteiger partial charge in [0.05, 0.1) is 22.7 Å². The Morgan fingerprint density at radius 2 is 1.72 bits per heavy atom. The Kier molecular flexibility index (Phi) is 10.1. The third kappa shape index (κ3) is 7.59. The molecule has 0 bridgehead atoms. The normalized spacial score (nSPS) is 21.6. The van der Waals surface area contributed by atoms with Crippen molar-refractivity contribution in [2.45, 2.75) is 87.6 Å². The van der Waals surface area contributed by atoms with Gasteiger partial charge in [0, 0.05) is 31.5 Å². The third-order valence-corrected chi connectivity index (χ3v) is 9.82. The van der Waals surface area contributed by atoms with Gasteiger partial charge in [0.25, 0.3) is 5.91 Å². The summed E-state index contributed by atoms with van der Waals surface area (Å²) in [6.45, 7) is 4.69. The highest BCUT2D eigenvalue weighted by Crippen LogP contribution is 2.32. The first kappa shape index (κ1) is 30.7. The lowest BCUT2D eigenvalue weighted by atomic mass is 9.98. The molecule has 230 valence electrons. The predicted molar refractivity (Wildman–Crippen MR) is 162 cm³/mol. The number of carbonyl (C=O) groups is 4. The van der Waals surface area contributed by atoms with E-state index in [0.717, 1.165) is 49.1 Å². The van der Waals surface area contributed by atoms with Crippen LogP contribution in [-0.2, 0) is 30.2 Å². The van der Waals surface area contributed by atoms with E-state index in [-0.39, 0.29) is 42.4 Å². The summed E-state index contributed by atoms with van der Waals surface area (Å²) in [6.07, 6.45) is 7.21. The lowest BCUT2D eigenvalue weighted by Gasteiger charge is -2.35. The Morgan fingerprint density at radius 1 is 1.00 bits per heavy atom. The number of benzene rings is 1. The number of nitrogens with zero attached hydrogens (tertiary/aromatic N) is 3. The zero-order valence-corrected chi connectivity index (χ0v) is 25.2. The molecule has 0 spiro atoms. The molecular formula is C31H40N6O5S. The van der Waals surface area contributed by atoms with Crippen molar-refractivity contribution in [3.8, 4) is 11.3 Å². The van der Waals surface area contributed by atoms with Crippen LogP contribution in [-0.4, -0.2) is 78.3 Å². The summed E-state index contributed by atoms with van der Waals surface area (Å²) < 4.78 is 14.6. The molecule has 3 N–H and O–H groups in total. The van der Waals surface area contributed by atoms with Gasteiger partial charge in [0.15, 0.2) is 0 Å². The highest BCUT2D eigenvalue weighted by atomic mass is 32.2. The van der Waals surface area contributed by atoms with Crippen molar-refractivity contribution in [1.29, 1.82) is 0 Å². The summed E-state index contributed by atoms with van der Waals surface area (Å²) in [5, 5.41) is 10.3. The number of hydrogen-bond donors (Lipinski definition) is 3. The van der Waals surface area contributed by atoms with Gasteiger partial charge in [-0.2, -0.15) is 5.10 Å². The number of rotatable bonds is 12. The predicted octanol–water partition coefficient (Wildman–Crippen LogP) is 2.90. The molecule has 3 fully saturated rings. The van der Waals surface area contributed by atoms with Crippen LogP contribution in [0.3, 0.4) is 0 Å². The highest BCUT2D eigenvalue weighted by molar-refractivity contribution is 7.84. The van der Waals surface area contributed by atoms with Crippen LogP contribution in [0.5, 0.6) is 0 Å². The number of hydrogen-bond acceptors (Lipinski definition) is 6. The molecule has 2 aliphatic heterocycles. The van der Waals surface area contributed by atoms with E-state index in [4.69, 9.17) is 0 Å². The zero-order chi connectivity index (χ0) is 30.3. The van der Waals surface area contributed by atoms with E-state index in [1.54, 1.807) is 0 Å². The molecule has 4 amide bonds. The lowest BCUT2D eigenvalue weighted by molar-refractivity contribution is -0.142. The van der Waals surface area contributed by atoms with Crippen LogP contribution in [0, 0.1) is 0 Å². The van der Waals surface area contributed by atoms with Crippen LogP contribution in [0.25, 0.3) is 11.3 Å². The van der Waals surface area contributed by atoms with Crippen molar-refractivity contribution in [1.82, 2.24) is 30.0 Å². The Labute approximate surface area is 254 Å². The molecule has 43 heavy (non-hydrogen) atoms. The van der Waals surface area contributed by atoms with E-state index in [1.165, 1.54) is 11.0 Å². The number of H-pyrrole nitrogens is 1. The maximum atomic E-state index is 13.4. The smallest absolute Gasteiger partial charge is 0.254 e. The largest absolute Gasteiger partial charge is 0.342 e. The summed E-state index contributed by atoms with van der Waals surface area (Å²) in [4.78, 5) is 55.9. The monoisotopic (exact) mass is 608 g/mol. The quantitative estimate of drug-likeness (QED) is 0.316. The number of aromatic amines is 1. The second-order valence-electron chi connectivity index (χ2n) is 11.5. The number of amides is 4. The Hall–Kier alpha value is -3.80. The summed E-state index contributed by atoms with van der Waals surface area (Å²) in [5.41, 5.74) is 2.71. The molecule has 1 saturated carbocycles. The first-order valence-electron chi connectivity index (χ1n) is 15.2.